The predicted octanol–water partition coefficient (Wildman–Crippen LogP) is 0.916. The molecule has 0 bridgehead atoms. The minimum atomic E-state index is -0.301. The van der Waals surface area contributed by atoms with Crippen molar-refractivity contribution < 1.29 is 5.11 Å². The van der Waals surface area contributed by atoms with Crippen LogP contribution in [0.1, 0.15) is 19.0 Å². The number of aromatic nitrogens is 1. The Balaban J connectivity index is 2.15. The molecule has 1 heterocycles. The van der Waals surface area contributed by atoms with Crippen molar-refractivity contribution in [1.29, 1.82) is 0 Å². The summed E-state index contributed by atoms with van der Waals surface area (Å²) in [6.07, 6.45) is 3.54. The number of hydrogen-bond donors (Lipinski definition) is 2. The summed E-state index contributed by atoms with van der Waals surface area (Å²) in [7, 11) is 2.03. The maximum Gasteiger partial charge on any atom is 0.0791 e. The average Bonchev–Trinajstić information content (AvgIpc) is 2.38. The van der Waals surface area contributed by atoms with Gasteiger partial charge in [0.15, 0.2) is 0 Å². The molecule has 0 aliphatic heterocycles. The van der Waals surface area contributed by atoms with Gasteiger partial charge in [-0.2, -0.15) is 0 Å². The van der Waals surface area contributed by atoms with Gasteiger partial charge in [-0.15, -0.1) is 0 Å². The van der Waals surface area contributed by atoms with E-state index in [0.717, 1.165) is 31.6 Å². The Morgan fingerprint density at radius 2 is 2.28 bits per heavy atom. The van der Waals surface area contributed by atoms with E-state index in [1.54, 1.807) is 0 Å². The standard InChI is InChI=1S/C14H25N3O/c1-3-8-15-11-14(18)12-17(2)10-7-13-6-4-5-9-16-13/h4-6,9,14-15,18H,3,7-8,10-12H2,1-2H3. The quantitative estimate of drug-likeness (QED) is 0.641. The third-order valence-corrected chi connectivity index (χ3v) is 2.80. The fraction of sp³-hybridized carbons (Fsp3) is 0.643. The highest BCUT2D eigenvalue weighted by Crippen LogP contribution is 1.97. The van der Waals surface area contributed by atoms with Crippen molar-refractivity contribution in [3.05, 3.63) is 30.1 Å². The van der Waals surface area contributed by atoms with Gasteiger partial charge in [0.05, 0.1) is 6.10 Å². The van der Waals surface area contributed by atoms with Gasteiger partial charge in [-0.25, -0.2) is 0 Å². The molecule has 0 fully saturated rings. The molecule has 0 radical (unpaired) electrons. The molecule has 1 atom stereocenters. The summed E-state index contributed by atoms with van der Waals surface area (Å²) >= 11 is 0. The van der Waals surface area contributed by atoms with Crippen molar-refractivity contribution in [3.63, 3.8) is 0 Å². The van der Waals surface area contributed by atoms with Crippen molar-refractivity contribution in [3.8, 4) is 0 Å². The second kappa shape index (κ2) is 9.03. The Labute approximate surface area is 110 Å². The van der Waals surface area contributed by atoms with Crippen LogP contribution >= 0.6 is 0 Å². The lowest BCUT2D eigenvalue weighted by atomic mass is 10.2. The van der Waals surface area contributed by atoms with Gasteiger partial charge < -0.3 is 15.3 Å². The zero-order valence-electron chi connectivity index (χ0n) is 11.5. The number of hydrogen-bond acceptors (Lipinski definition) is 4. The first-order valence-electron chi connectivity index (χ1n) is 6.69. The number of pyridine rings is 1. The van der Waals surface area contributed by atoms with Crippen molar-refractivity contribution in [2.24, 2.45) is 0 Å². The van der Waals surface area contributed by atoms with Gasteiger partial charge in [-0.3, -0.25) is 4.98 Å². The molecule has 102 valence electrons. The lowest BCUT2D eigenvalue weighted by Gasteiger charge is -2.20. The molecular formula is C14H25N3O. The van der Waals surface area contributed by atoms with Crippen LogP contribution in [0.4, 0.5) is 0 Å². The van der Waals surface area contributed by atoms with E-state index >= 15 is 0 Å². The van der Waals surface area contributed by atoms with Gasteiger partial charge in [-0.05, 0) is 32.1 Å². The fourth-order valence-corrected chi connectivity index (χ4v) is 1.81. The normalized spacial score (nSPS) is 12.9. The Morgan fingerprint density at radius 1 is 1.44 bits per heavy atom. The third kappa shape index (κ3) is 6.69. The molecule has 0 saturated carbocycles. The maximum absolute atomic E-state index is 9.82. The molecule has 0 spiro atoms. The van der Waals surface area contributed by atoms with Gasteiger partial charge in [0.25, 0.3) is 0 Å². The molecule has 0 aliphatic carbocycles. The van der Waals surface area contributed by atoms with Gasteiger partial charge in [0.1, 0.15) is 0 Å². The summed E-state index contributed by atoms with van der Waals surface area (Å²) in [6, 6.07) is 5.97. The topological polar surface area (TPSA) is 48.4 Å². The number of aliphatic hydroxyl groups excluding tert-OH is 1. The summed E-state index contributed by atoms with van der Waals surface area (Å²) in [5.74, 6) is 0. The van der Waals surface area contributed by atoms with Gasteiger partial charge in [0, 0.05) is 37.9 Å². The molecule has 0 saturated heterocycles. The van der Waals surface area contributed by atoms with Crippen LogP contribution in [0.2, 0.25) is 0 Å². The van der Waals surface area contributed by atoms with E-state index in [0.29, 0.717) is 13.1 Å². The molecule has 1 aromatic rings. The van der Waals surface area contributed by atoms with Crippen LogP contribution in [0.3, 0.4) is 0 Å². The number of nitrogens with zero attached hydrogens (tertiary/aromatic N) is 2. The Bertz CT molecular complexity index is 305. The van der Waals surface area contributed by atoms with Crippen LogP contribution in [-0.4, -0.2) is 54.3 Å². The number of likely N-dealkylation sites (N-methyl/N-ethyl adjacent to an activating group) is 1. The molecule has 4 heteroatoms. The van der Waals surface area contributed by atoms with Gasteiger partial charge >= 0.3 is 0 Å². The first-order chi connectivity index (χ1) is 8.72. The Kier molecular flexibility index (Phi) is 7.57. The minimum absolute atomic E-state index is 0.301. The average molecular weight is 251 g/mol. The van der Waals surface area contributed by atoms with E-state index < -0.39 is 0 Å². The van der Waals surface area contributed by atoms with Crippen LogP contribution in [0, 0.1) is 0 Å². The second-order valence-electron chi connectivity index (χ2n) is 4.69. The van der Waals surface area contributed by atoms with Crippen LogP contribution in [0.25, 0.3) is 0 Å². The summed E-state index contributed by atoms with van der Waals surface area (Å²) in [5.41, 5.74) is 1.10. The first kappa shape index (κ1) is 15.1. The molecule has 4 nitrogen and oxygen atoms in total. The first-order valence-corrected chi connectivity index (χ1v) is 6.69. The van der Waals surface area contributed by atoms with Gasteiger partial charge in [0.2, 0.25) is 0 Å². The largest absolute Gasteiger partial charge is 0.390 e. The van der Waals surface area contributed by atoms with Crippen molar-refractivity contribution in [2.45, 2.75) is 25.9 Å². The summed E-state index contributed by atoms with van der Waals surface area (Å²) in [6.45, 7) is 5.38. The summed E-state index contributed by atoms with van der Waals surface area (Å²) < 4.78 is 0. The molecule has 0 amide bonds. The van der Waals surface area contributed by atoms with Crippen molar-refractivity contribution in [1.82, 2.24) is 15.2 Å². The zero-order chi connectivity index (χ0) is 13.2. The lowest BCUT2D eigenvalue weighted by molar-refractivity contribution is 0.125. The van der Waals surface area contributed by atoms with E-state index in [9.17, 15) is 5.11 Å². The SMILES string of the molecule is CCCNCC(O)CN(C)CCc1ccccn1. The molecule has 0 aliphatic rings. The zero-order valence-corrected chi connectivity index (χ0v) is 11.5. The summed E-state index contributed by atoms with van der Waals surface area (Å²) in [5, 5.41) is 13.0. The predicted molar refractivity (Wildman–Crippen MR) is 74.6 cm³/mol. The highest BCUT2D eigenvalue weighted by molar-refractivity contribution is 5.03. The van der Waals surface area contributed by atoms with Crippen LogP contribution in [-0.2, 0) is 6.42 Å². The second-order valence-corrected chi connectivity index (χ2v) is 4.69. The molecular weight excluding hydrogens is 226 g/mol. The Hall–Kier alpha value is -0.970. The summed E-state index contributed by atoms with van der Waals surface area (Å²) in [4.78, 5) is 6.43. The van der Waals surface area contributed by atoms with E-state index in [1.807, 2.05) is 31.4 Å². The maximum atomic E-state index is 9.82. The molecule has 0 aromatic carbocycles. The monoisotopic (exact) mass is 251 g/mol. The van der Waals surface area contributed by atoms with Crippen LogP contribution in [0.5, 0.6) is 0 Å². The highest BCUT2D eigenvalue weighted by atomic mass is 16.3. The van der Waals surface area contributed by atoms with Crippen molar-refractivity contribution >= 4 is 0 Å². The van der Waals surface area contributed by atoms with E-state index in [4.69, 9.17) is 0 Å². The highest BCUT2D eigenvalue weighted by Gasteiger charge is 2.07. The van der Waals surface area contributed by atoms with Crippen LogP contribution < -0.4 is 5.32 Å². The number of aliphatic hydroxyl groups is 1. The fourth-order valence-electron chi connectivity index (χ4n) is 1.81. The van der Waals surface area contributed by atoms with E-state index in [2.05, 4.69) is 22.1 Å². The lowest BCUT2D eigenvalue weighted by Crippen LogP contribution is -2.37. The number of nitrogens with one attached hydrogen (secondary N) is 1. The molecule has 1 aromatic heterocycles. The van der Waals surface area contributed by atoms with Crippen LogP contribution in [0.15, 0.2) is 24.4 Å². The molecule has 1 unspecified atom stereocenters. The minimum Gasteiger partial charge on any atom is -0.390 e. The molecule has 1 rings (SSSR count). The molecule has 18 heavy (non-hydrogen) atoms. The van der Waals surface area contributed by atoms with Gasteiger partial charge in [-0.1, -0.05) is 13.0 Å². The number of rotatable bonds is 9. The molecule has 2 N–H and O–H groups in total. The van der Waals surface area contributed by atoms with E-state index in [-0.39, 0.29) is 6.10 Å². The van der Waals surface area contributed by atoms with Crippen molar-refractivity contribution in [2.75, 3.05) is 33.2 Å². The third-order valence-electron chi connectivity index (χ3n) is 2.80. The Morgan fingerprint density at radius 3 is 2.94 bits per heavy atom. The van der Waals surface area contributed by atoms with E-state index in [1.165, 1.54) is 0 Å². The smallest absolute Gasteiger partial charge is 0.0791 e.